The lowest BCUT2D eigenvalue weighted by atomic mass is 9.32. The molecule has 4 saturated carbocycles. The average molecular weight is 626 g/mol. The van der Waals surface area contributed by atoms with E-state index in [2.05, 4.69) is 68.7 Å². The normalized spacial score (nSPS) is 39.5. The van der Waals surface area contributed by atoms with Crippen molar-refractivity contribution in [3.8, 4) is 0 Å². The third kappa shape index (κ3) is 4.71. The molecule has 0 spiro atoms. The zero-order valence-corrected chi connectivity index (χ0v) is 29.5. The molecule has 5 nitrogen and oxygen atoms in total. The molecule has 4 fully saturated rings. The molecular weight excluding hydrogens is 566 g/mol. The standard InChI is InChI=1S/C41H59N3O2/c1-28-43-24-26-44(28)25-8-23-42-27-41-18-7-9-33(41)32-14-15-35-38(4)19-16-31(29-10-12-30(13-11-29)36(45)46)37(2,3)34(38)17-20-40(35,6)39(32,5)21-22-41/h10-13,16,24,26,32-35,42H,7-9,14-15,17-23,25,27H2,1-6H3,(H,45,46)/t32?,33?,34?,35?,38?,39-,40?,41?/m1/s1. The van der Waals surface area contributed by atoms with Crippen LogP contribution in [-0.2, 0) is 6.54 Å². The minimum absolute atomic E-state index is 0.0617. The van der Waals surface area contributed by atoms with Crippen LogP contribution in [0.25, 0.3) is 5.57 Å². The number of nitrogens with one attached hydrogen (secondary N) is 1. The monoisotopic (exact) mass is 625 g/mol. The maximum Gasteiger partial charge on any atom is 0.335 e. The van der Waals surface area contributed by atoms with Gasteiger partial charge in [0.15, 0.2) is 0 Å². The van der Waals surface area contributed by atoms with Gasteiger partial charge >= 0.3 is 5.97 Å². The summed E-state index contributed by atoms with van der Waals surface area (Å²) in [6, 6.07) is 7.66. The molecule has 0 saturated heterocycles. The van der Waals surface area contributed by atoms with Gasteiger partial charge in [-0.2, -0.15) is 0 Å². The molecular formula is C41H59N3O2. The number of fused-ring (bicyclic) bond motifs is 7. The number of aryl methyl sites for hydroxylation is 2. The summed E-state index contributed by atoms with van der Waals surface area (Å²) in [6.07, 6.45) is 21.5. The largest absolute Gasteiger partial charge is 0.478 e. The number of allylic oxidation sites excluding steroid dienone is 2. The number of carbonyl (C=O) groups is 1. The van der Waals surface area contributed by atoms with Crippen LogP contribution in [0.5, 0.6) is 0 Å². The van der Waals surface area contributed by atoms with Gasteiger partial charge in [-0.1, -0.05) is 59.2 Å². The van der Waals surface area contributed by atoms with Gasteiger partial charge in [0.25, 0.3) is 0 Å². The maximum absolute atomic E-state index is 11.5. The summed E-state index contributed by atoms with van der Waals surface area (Å²) in [5, 5.41) is 13.4. The number of nitrogens with zero attached hydrogens (tertiary/aromatic N) is 2. The van der Waals surface area contributed by atoms with E-state index in [-0.39, 0.29) is 5.41 Å². The number of hydrogen-bond donors (Lipinski definition) is 2. The van der Waals surface area contributed by atoms with E-state index in [9.17, 15) is 9.90 Å². The first-order valence-corrected chi connectivity index (χ1v) is 18.6. The lowest BCUT2D eigenvalue weighted by Gasteiger charge is -2.72. The second-order valence-corrected chi connectivity index (χ2v) is 17.7. The second-order valence-electron chi connectivity index (χ2n) is 17.7. The van der Waals surface area contributed by atoms with Crippen molar-refractivity contribution in [2.45, 2.75) is 119 Å². The third-order valence-electron chi connectivity index (χ3n) is 15.7. The summed E-state index contributed by atoms with van der Waals surface area (Å²) >= 11 is 0. The van der Waals surface area contributed by atoms with Crippen LogP contribution in [0.2, 0.25) is 0 Å². The Morgan fingerprint density at radius 3 is 2.43 bits per heavy atom. The molecule has 46 heavy (non-hydrogen) atoms. The van der Waals surface area contributed by atoms with E-state index in [1.807, 2.05) is 18.3 Å². The summed E-state index contributed by atoms with van der Waals surface area (Å²) in [6.45, 7) is 18.6. The maximum atomic E-state index is 11.5. The fourth-order valence-electron chi connectivity index (χ4n) is 13.3. The fraction of sp³-hybridized carbons (Fsp3) is 0.707. The quantitative estimate of drug-likeness (QED) is 0.287. The molecule has 250 valence electrons. The summed E-state index contributed by atoms with van der Waals surface area (Å²) in [7, 11) is 0. The van der Waals surface area contributed by atoms with Crippen LogP contribution in [0.1, 0.15) is 127 Å². The molecule has 1 aromatic carbocycles. The van der Waals surface area contributed by atoms with Crippen molar-refractivity contribution in [3.05, 3.63) is 59.7 Å². The smallest absolute Gasteiger partial charge is 0.335 e. The number of benzene rings is 1. The molecule has 1 heterocycles. The molecule has 5 heteroatoms. The summed E-state index contributed by atoms with van der Waals surface area (Å²) < 4.78 is 2.28. The highest BCUT2D eigenvalue weighted by Gasteiger charge is 2.69. The minimum Gasteiger partial charge on any atom is -0.478 e. The van der Waals surface area contributed by atoms with Gasteiger partial charge < -0.3 is 15.0 Å². The van der Waals surface area contributed by atoms with E-state index >= 15 is 0 Å². The highest BCUT2D eigenvalue weighted by atomic mass is 16.4. The SMILES string of the molecule is Cc1nccn1CCCNCC12CCCC1C1CCC3C4(C)CC=C(c5ccc(C(=O)O)cc5)C(C)(C)C4CCC3(C)[C@]1(C)CC2. The van der Waals surface area contributed by atoms with Gasteiger partial charge in [0, 0.05) is 25.5 Å². The van der Waals surface area contributed by atoms with Crippen molar-refractivity contribution in [3.63, 3.8) is 0 Å². The van der Waals surface area contributed by atoms with E-state index in [1.165, 1.54) is 81.9 Å². The molecule has 2 aromatic rings. The predicted molar refractivity (Wildman–Crippen MR) is 186 cm³/mol. The zero-order valence-electron chi connectivity index (χ0n) is 29.5. The average Bonchev–Trinajstić information content (AvgIpc) is 3.63. The Labute approximate surface area is 278 Å². The van der Waals surface area contributed by atoms with Crippen molar-refractivity contribution in [2.24, 2.45) is 50.7 Å². The number of rotatable bonds is 8. The number of carboxylic acids is 1. The number of hydrogen-bond acceptors (Lipinski definition) is 3. The number of imidazole rings is 1. The Bertz CT molecular complexity index is 1490. The Morgan fingerprint density at radius 1 is 0.935 bits per heavy atom. The highest BCUT2D eigenvalue weighted by Crippen LogP contribution is 2.77. The molecule has 0 radical (unpaired) electrons. The van der Waals surface area contributed by atoms with E-state index < -0.39 is 5.97 Å². The van der Waals surface area contributed by atoms with Crippen molar-refractivity contribution in [1.29, 1.82) is 0 Å². The summed E-state index contributed by atoms with van der Waals surface area (Å²) in [4.78, 5) is 15.9. The molecule has 8 atom stereocenters. The topological polar surface area (TPSA) is 67.2 Å². The predicted octanol–water partition coefficient (Wildman–Crippen LogP) is 9.42. The van der Waals surface area contributed by atoms with Gasteiger partial charge in [0.1, 0.15) is 5.82 Å². The third-order valence-corrected chi connectivity index (χ3v) is 15.7. The van der Waals surface area contributed by atoms with Crippen LogP contribution in [0.4, 0.5) is 0 Å². The van der Waals surface area contributed by atoms with Crippen LogP contribution in [0, 0.1) is 57.7 Å². The second kappa shape index (κ2) is 11.3. The Kier molecular flexibility index (Phi) is 7.93. The number of aromatic nitrogens is 2. The molecule has 0 amide bonds. The lowest BCUT2D eigenvalue weighted by molar-refractivity contribution is -0.222. The first-order valence-electron chi connectivity index (χ1n) is 18.6. The van der Waals surface area contributed by atoms with Crippen LogP contribution in [-0.4, -0.2) is 33.7 Å². The molecule has 5 aliphatic carbocycles. The van der Waals surface area contributed by atoms with E-state index in [0.29, 0.717) is 33.1 Å². The van der Waals surface area contributed by atoms with Crippen LogP contribution in [0.15, 0.2) is 42.7 Å². The van der Waals surface area contributed by atoms with Crippen LogP contribution >= 0.6 is 0 Å². The highest BCUT2D eigenvalue weighted by molar-refractivity contribution is 5.88. The van der Waals surface area contributed by atoms with Crippen molar-refractivity contribution < 1.29 is 9.90 Å². The van der Waals surface area contributed by atoms with Gasteiger partial charge in [-0.15, -0.1) is 0 Å². The van der Waals surface area contributed by atoms with Crippen molar-refractivity contribution in [1.82, 2.24) is 14.9 Å². The first kappa shape index (κ1) is 32.2. The molecule has 7 rings (SSSR count). The van der Waals surface area contributed by atoms with Gasteiger partial charge in [0.05, 0.1) is 5.56 Å². The summed E-state index contributed by atoms with van der Waals surface area (Å²) in [5.74, 6) is 3.40. The number of aromatic carboxylic acids is 1. The van der Waals surface area contributed by atoms with E-state index in [0.717, 1.165) is 43.1 Å². The van der Waals surface area contributed by atoms with Gasteiger partial charge in [-0.3, -0.25) is 0 Å². The molecule has 2 N–H and O–H groups in total. The first-order chi connectivity index (χ1) is 21.9. The van der Waals surface area contributed by atoms with Gasteiger partial charge in [0.2, 0.25) is 0 Å². The van der Waals surface area contributed by atoms with Gasteiger partial charge in [-0.25, -0.2) is 9.78 Å². The Balaban J connectivity index is 1.09. The van der Waals surface area contributed by atoms with Crippen molar-refractivity contribution in [2.75, 3.05) is 13.1 Å². The Hall–Kier alpha value is -2.40. The molecule has 0 bridgehead atoms. The van der Waals surface area contributed by atoms with Crippen molar-refractivity contribution >= 4 is 11.5 Å². The lowest BCUT2D eigenvalue weighted by Crippen LogP contribution is -2.65. The van der Waals surface area contributed by atoms with Gasteiger partial charge in [-0.05, 0) is 152 Å². The van der Waals surface area contributed by atoms with E-state index in [4.69, 9.17) is 0 Å². The van der Waals surface area contributed by atoms with Crippen LogP contribution < -0.4 is 5.32 Å². The molecule has 1 aromatic heterocycles. The molecule has 0 aliphatic heterocycles. The molecule has 5 aliphatic rings. The van der Waals surface area contributed by atoms with E-state index in [1.54, 1.807) is 12.1 Å². The fourth-order valence-corrected chi connectivity index (χ4v) is 13.3. The zero-order chi connectivity index (χ0) is 32.5. The number of carboxylic acid groups (broad SMARTS) is 1. The minimum atomic E-state index is -0.850. The molecule has 7 unspecified atom stereocenters. The Morgan fingerprint density at radius 2 is 1.72 bits per heavy atom. The summed E-state index contributed by atoms with van der Waals surface area (Å²) in [5.41, 5.74) is 4.67. The van der Waals surface area contributed by atoms with Crippen LogP contribution in [0.3, 0.4) is 0 Å².